The summed E-state index contributed by atoms with van der Waals surface area (Å²) >= 11 is 1.70. The molecule has 3 aliphatic heterocycles. The number of nitrogens with zero attached hydrogens (tertiary/aromatic N) is 2. The summed E-state index contributed by atoms with van der Waals surface area (Å²) in [5, 5.41) is 2.05. The van der Waals surface area contributed by atoms with Crippen molar-refractivity contribution >= 4 is 28.8 Å². The van der Waals surface area contributed by atoms with Gasteiger partial charge in [0.05, 0.1) is 12.0 Å². The van der Waals surface area contributed by atoms with Crippen molar-refractivity contribution in [1.29, 1.82) is 0 Å². The molecule has 2 atom stereocenters. The molecule has 0 radical (unpaired) electrons. The van der Waals surface area contributed by atoms with Gasteiger partial charge in [0, 0.05) is 36.1 Å². The third-order valence-electron chi connectivity index (χ3n) is 5.72. The van der Waals surface area contributed by atoms with E-state index in [1.165, 1.54) is 4.88 Å². The Morgan fingerprint density at radius 3 is 2.82 bits per heavy atom. The van der Waals surface area contributed by atoms with Gasteiger partial charge in [-0.15, -0.1) is 11.3 Å². The Hall–Kier alpha value is -2.54. The molecular weight excluding hydrogens is 376 g/mol. The number of likely N-dealkylation sites (tertiary alicyclic amines) is 1. The number of carbonyl (C=O) groups is 2. The largest absolute Gasteiger partial charge is 0.486 e. The number of fused-ring (bicyclic) bond motifs is 1. The number of rotatable bonds is 3. The number of amides is 2. The van der Waals surface area contributed by atoms with Crippen molar-refractivity contribution in [3.8, 4) is 11.5 Å². The molecule has 0 spiro atoms. The molecule has 0 aliphatic carbocycles. The first kappa shape index (κ1) is 17.6. The Balaban J connectivity index is 1.33. The number of ether oxygens (including phenoxy) is 2. The standard InChI is InChI=1S/C21H22N2O4S/c24-20-11-14(21(25)22-7-1-3-16(22)19-4-2-10-28-19)13-23(20)15-5-6-17-18(12-15)27-9-8-26-17/h2,4-6,10,12,14,16H,1,3,7-9,11,13H2. The van der Waals surface area contributed by atoms with Crippen LogP contribution in [0, 0.1) is 5.92 Å². The van der Waals surface area contributed by atoms with Crippen molar-refractivity contribution in [3.63, 3.8) is 0 Å². The van der Waals surface area contributed by atoms with Crippen molar-refractivity contribution < 1.29 is 19.1 Å². The molecule has 2 saturated heterocycles. The second-order valence-corrected chi connectivity index (χ2v) is 8.42. The van der Waals surface area contributed by atoms with Gasteiger partial charge in [0.2, 0.25) is 11.8 Å². The minimum Gasteiger partial charge on any atom is -0.486 e. The molecular formula is C21H22N2O4S. The van der Waals surface area contributed by atoms with Crippen LogP contribution in [-0.4, -0.2) is 43.0 Å². The maximum absolute atomic E-state index is 13.2. The quantitative estimate of drug-likeness (QED) is 0.797. The predicted octanol–water partition coefficient (Wildman–Crippen LogP) is 3.24. The van der Waals surface area contributed by atoms with Gasteiger partial charge in [-0.2, -0.15) is 0 Å². The van der Waals surface area contributed by atoms with E-state index in [4.69, 9.17) is 9.47 Å². The lowest BCUT2D eigenvalue weighted by Crippen LogP contribution is -2.36. The SMILES string of the molecule is O=C1CC(C(=O)N2CCCC2c2cccs2)CN1c1ccc2c(c1)OCCO2. The maximum atomic E-state index is 13.2. The Morgan fingerprint density at radius 2 is 2.00 bits per heavy atom. The fraction of sp³-hybridized carbons (Fsp3) is 0.429. The number of hydrogen-bond donors (Lipinski definition) is 0. The van der Waals surface area contributed by atoms with Gasteiger partial charge in [0.1, 0.15) is 13.2 Å². The number of thiophene rings is 1. The molecule has 3 aliphatic rings. The van der Waals surface area contributed by atoms with Crippen LogP contribution in [0.2, 0.25) is 0 Å². The van der Waals surface area contributed by atoms with Gasteiger partial charge < -0.3 is 19.3 Å². The summed E-state index contributed by atoms with van der Waals surface area (Å²) in [6.45, 7) is 2.23. The number of benzene rings is 1. The average Bonchev–Trinajstić information content (AvgIpc) is 3.47. The second kappa shape index (κ2) is 7.13. The van der Waals surface area contributed by atoms with Crippen LogP contribution in [-0.2, 0) is 9.59 Å². The Labute approximate surface area is 167 Å². The zero-order valence-electron chi connectivity index (χ0n) is 15.5. The van der Waals surface area contributed by atoms with E-state index >= 15 is 0 Å². The molecule has 4 heterocycles. The smallest absolute Gasteiger partial charge is 0.228 e. The molecule has 0 N–H and O–H groups in total. The van der Waals surface area contributed by atoms with Crippen LogP contribution in [0.15, 0.2) is 35.7 Å². The summed E-state index contributed by atoms with van der Waals surface area (Å²) in [5.74, 6) is 1.15. The van der Waals surface area contributed by atoms with E-state index in [2.05, 4.69) is 11.4 Å². The molecule has 6 nitrogen and oxygen atoms in total. The highest BCUT2D eigenvalue weighted by atomic mass is 32.1. The van der Waals surface area contributed by atoms with Crippen LogP contribution in [0.3, 0.4) is 0 Å². The van der Waals surface area contributed by atoms with E-state index in [0.717, 1.165) is 25.1 Å². The van der Waals surface area contributed by atoms with Crippen LogP contribution >= 0.6 is 11.3 Å². The van der Waals surface area contributed by atoms with Crippen LogP contribution < -0.4 is 14.4 Å². The molecule has 1 aromatic carbocycles. The van der Waals surface area contributed by atoms with Gasteiger partial charge in [-0.25, -0.2) is 0 Å². The van der Waals surface area contributed by atoms with Gasteiger partial charge in [0.15, 0.2) is 11.5 Å². The van der Waals surface area contributed by atoms with E-state index in [-0.39, 0.29) is 30.2 Å². The van der Waals surface area contributed by atoms with Crippen molar-refractivity contribution in [2.75, 3.05) is 31.2 Å². The lowest BCUT2D eigenvalue weighted by atomic mass is 10.1. The van der Waals surface area contributed by atoms with Crippen LogP contribution in [0.25, 0.3) is 0 Å². The molecule has 5 rings (SSSR count). The van der Waals surface area contributed by atoms with Crippen LogP contribution in [0.4, 0.5) is 5.69 Å². The number of carbonyl (C=O) groups excluding carboxylic acids is 2. The first-order chi connectivity index (χ1) is 13.7. The highest BCUT2D eigenvalue weighted by Gasteiger charge is 2.41. The molecule has 2 unspecified atom stereocenters. The molecule has 1 aromatic heterocycles. The molecule has 2 fully saturated rings. The van der Waals surface area contributed by atoms with E-state index in [0.29, 0.717) is 31.3 Å². The fourth-order valence-corrected chi connectivity index (χ4v) is 5.24. The fourth-order valence-electron chi connectivity index (χ4n) is 4.36. The van der Waals surface area contributed by atoms with E-state index in [1.807, 2.05) is 29.2 Å². The third kappa shape index (κ3) is 3.03. The van der Waals surface area contributed by atoms with Crippen molar-refractivity contribution in [2.24, 2.45) is 5.92 Å². The lowest BCUT2D eigenvalue weighted by Gasteiger charge is -2.27. The zero-order valence-corrected chi connectivity index (χ0v) is 16.3. The molecule has 0 bridgehead atoms. The summed E-state index contributed by atoms with van der Waals surface area (Å²) in [7, 11) is 0. The number of hydrogen-bond acceptors (Lipinski definition) is 5. The topological polar surface area (TPSA) is 59.1 Å². The second-order valence-electron chi connectivity index (χ2n) is 7.44. The average molecular weight is 398 g/mol. The van der Waals surface area contributed by atoms with Crippen LogP contribution in [0.5, 0.6) is 11.5 Å². The van der Waals surface area contributed by atoms with Crippen molar-refractivity contribution in [1.82, 2.24) is 4.90 Å². The first-order valence-electron chi connectivity index (χ1n) is 9.74. The third-order valence-corrected chi connectivity index (χ3v) is 6.69. The van der Waals surface area contributed by atoms with Gasteiger partial charge in [0.25, 0.3) is 0 Å². The highest BCUT2D eigenvalue weighted by Crippen LogP contribution is 2.39. The molecule has 146 valence electrons. The highest BCUT2D eigenvalue weighted by molar-refractivity contribution is 7.10. The minimum absolute atomic E-state index is 0.0121. The molecule has 2 aromatic rings. The molecule has 2 amide bonds. The monoisotopic (exact) mass is 398 g/mol. The summed E-state index contributed by atoms with van der Waals surface area (Å²) in [6.07, 6.45) is 2.28. The molecule has 0 saturated carbocycles. The van der Waals surface area contributed by atoms with E-state index in [9.17, 15) is 9.59 Å². The maximum Gasteiger partial charge on any atom is 0.228 e. The Morgan fingerprint density at radius 1 is 1.14 bits per heavy atom. The normalized spacial score (nSPS) is 24.1. The van der Waals surface area contributed by atoms with Crippen molar-refractivity contribution in [3.05, 3.63) is 40.6 Å². The van der Waals surface area contributed by atoms with Crippen LogP contribution in [0.1, 0.15) is 30.2 Å². The van der Waals surface area contributed by atoms with Gasteiger partial charge >= 0.3 is 0 Å². The minimum atomic E-state index is -0.290. The number of anilines is 1. The molecule has 28 heavy (non-hydrogen) atoms. The van der Waals surface area contributed by atoms with E-state index in [1.54, 1.807) is 16.2 Å². The Bertz CT molecular complexity index is 898. The summed E-state index contributed by atoms with van der Waals surface area (Å²) < 4.78 is 11.2. The Kier molecular flexibility index (Phi) is 4.47. The predicted molar refractivity (Wildman–Crippen MR) is 106 cm³/mol. The molecule has 7 heteroatoms. The van der Waals surface area contributed by atoms with E-state index < -0.39 is 0 Å². The van der Waals surface area contributed by atoms with Gasteiger partial charge in [-0.1, -0.05) is 6.07 Å². The summed E-state index contributed by atoms with van der Waals surface area (Å²) in [5.41, 5.74) is 0.765. The lowest BCUT2D eigenvalue weighted by molar-refractivity contribution is -0.136. The summed E-state index contributed by atoms with van der Waals surface area (Å²) in [4.78, 5) is 30.8. The van der Waals surface area contributed by atoms with Gasteiger partial charge in [-0.3, -0.25) is 9.59 Å². The summed E-state index contributed by atoms with van der Waals surface area (Å²) in [6, 6.07) is 9.82. The zero-order chi connectivity index (χ0) is 19.1. The van der Waals surface area contributed by atoms with Crippen molar-refractivity contribution in [2.45, 2.75) is 25.3 Å². The first-order valence-corrected chi connectivity index (χ1v) is 10.6. The van der Waals surface area contributed by atoms with Gasteiger partial charge in [-0.05, 0) is 36.4 Å².